The molecule has 164 valence electrons. The molecule has 5 heteroatoms. The summed E-state index contributed by atoms with van der Waals surface area (Å²) in [5.74, 6) is 0.649. The summed E-state index contributed by atoms with van der Waals surface area (Å²) in [7, 11) is 0. The number of piperidine rings is 2. The number of hydrogen-bond acceptors (Lipinski definition) is 3. The standard InChI is InChI=1S/C26H33N3O2/c1-19-12-15-28(16-13-19)24-10-8-23(9-11-24)27-25(30)22-7-4-14-29(18-22)26(31)21-6-3-5-20(2)17-21/h3,5-6,8-11,17,19,22H,4,7,12-16,18H2,1-2H3,(H,27,30)/t22-/m0/s1. The Hall–Kier alpha value is -2.82. The van der Waals surface area contributed by atoms with E-state index in [4.69, 9.17) is 0 Å². The van der Waals surface area contributed by atoms with Crippen molar-refractivity contribution in [2.45, 2.75) is 39.5 Å². The maximum absolute atomic E-state index is 12.9. The molecule has 0 spiro atoms. The molecule has 4 rings (SSSR count). The van der Waals surface area contributed by atoms with E-state index >= 15 is 0 Å². The van der Waals surface area contributed by atoms with E-state index in [1.807, 2.05) is 48.2 Å². The van der Waals surface area contributed by atoms with Gasteiger partial charge in [0.15, 0.2) is 0 Å². The maximum atomic E-state index is 12.9. The van der Waals surface area contributed by atoms with Crippen LogP contribution in [0, 0.1) is 18.8 Å². The summed E-state index contributed by atoms with van der Waals surface area (Å²) >= 11 is 0. The van der Waals surface area contributed by atoms with Crippen LogP contribution in [-0.4, -0.2) is 42.9 Å². The van der Waals surface area contributed by atoms with Gasteiger partial charge in [-0.05, 0) is 74.9 Å². The van der Waals surface area contributed by atoms with Gasteiger partial charge in [0.1, 0.15) is 0 Å². The van der Waals surface area contributed by atoms with Gasteiger partial charge < -0.3 is 15.1 Å². The molecule has 2 aromatic carbocycles. The number of benzene rings is 2. The van der Waals surface area contributed by atoms with E-state index in [1.54, 1.807) is 0 Å². The predicted molar refractivity (Wildman–Crippen MR) is 125 cm³/mol. The third-order valence-electron chi connectivity index (χ3n) is 6.63. The molecule has 0 aliphatic carbocycles. The quantitative estimate of drug-likeness (QED) is 0.780. The number of rotatable bonds is 4. The Morgan fingerprint density at radius 2 is 1.71 bits per heavy atom. The number of carbonyl (C=O) groups is 2. The zero-order valence-electron chi connectivity index (χ0n) is 18.6. The number of nitrogens with zero attached hydrogens (tertiary/aromatic N) is 2. The minimum absolute atomic E-state index is 0.00119. The molecule has 1 atom stereocenters. The smallest absolute Gasteiger partial charge is 0.253 e. The van der Waals surface area contributed by atoms with E-state index in [2.05, 4.69) is 29.3 Å². The fraction of sp³-hybridized carbons (Fsp3) is 0.462. The number of carbonyl (C=O) groups excluding carboxylic acids is 2. The van der Waals surface area contributed by atoms with Gasteiger partial charge in [-0.15, -0.1) is 0 Å². The normalized spacial score (nSPS) is 19.9. The average molecular weight is 420 g/mol. The van der Waals surface area contributed by atoms with Crippen LogP contribution in [0.25, 0.3) is 0 Å². The van der Waals surface area contributed by atoms with Gasteiger partial charge in [-0.1, -0.05) is 24.6 Å². The van der Waals surface area contributed by atoms with Crippen LogP contribution in [0.15, 0.2) is 48.5 Å². The first kappa shape index (κ1) is 21.4. The molecule has 2 fully saturated rings. The zero-order chi connectivity index (χ0) is 21.8. The van der Waals surface area contributed by atoms with Crippen molar-refractivity contribution in [2.24, 2.45) is 11.8 Å². The monoisotopic (exact) mass is 419 g/mol. The largest absolute Gasteiger partial charge is 0.372 e. The molecule has 2 saturated heterocycles. The van der Waals surface area contributed by atoms with Crippen molar-refractivity contribution in [1.29, 1.82) is 0 Å². The molecule has 2 aliphatic heterocycles. The molecule has 2 heterocycles. The topological polar surface area (TPSA) is 52.7 Å². The van der Waals surface area contributed by atoms with Gasteiger partial charge >= 0.3 is 0 Å². The van der Waals surface area contributed by atoms with Crippen molar-refractivity contribution in [3.63, 3.8) is 0 Å². The van der Waals surface area contributed by atoms with Crippen molar-refractivity contribution in [2.75, 3.05) is 36.4 Å². The molecular weight excluding hydrogens is 386 g/mol. The molecule has 5 nitrogen and oxygen atoms in total. The Morgan fingerprint density at radius 1 is 0.968 bits per heavy atom. The molecular formula is C26H33N3O2. The van der Waals surface area contributed by atoms with Crippen LogP contribution in [0.2, 0.25) is 0 Å². The second-order valence-corrected chi connectivity index (χ2v) is 9.17. The summed E-state index contributed by atoms with van der Waals surface area (Å²) < 4.78 is 0. The minimum atomic E-state index is -0.175. The van der Waals surface area contributed by atoms with Gasteiger partial charge in [0.2, 0.25) is 5.91 Å². The molecule has 0 radical (unpaired) electrons. The highest BCUT2D eigenvalue weighted by atomic mass is 16.2. The second kappa shape index (κ2) is 9.54. The summed E-state index contributed by atoms with van der Waals surface area (Å²) in [5.41, 5.74) is 3.81. The van der Waals surface area contributed by atoms with E-state index in [-0.39, 0.29) is 17.7 Å². The maximum Gasteiger partial charge on any atom is 0.253 e. The van der Waals surface area contributed by atoms with Crippen LogP contribution < -0.4 is 10.2 Å². The first-order valence-electron chi connectivity index (χ1n) is 11.5. The third-order valence-corrected chi connectivity index (χ3v) is 6.63. The van der Waals surface area contributed by atoms with Gasteiger partial charge in [-0.25, -0.2) is 0 Å². The minimum Gasteiger partial charge on any atom is -0.372 e. The summed E-state index contributed by atoms with van der Waals surface area (Å²) in [4.78, 5) is 30.0. The molecule has 0 bridgehead atoms. The summed E-state index contributed by atoms with van der Waals surface area (Å²) in [5, 5.41) is 3.06. The van der Waals surface area contributed by atoms with Crippen molar-refractivity contribution in [1.82, 2.24) is 4.90 Å². The molecule has 0 saturated carbocycles. The number of nitrogens with one attached hydrogen (secondary N) is 1. The highest BCUT2D eigenvalue weighted by Gasteiger charge is 2.29. The number of aryl methyl sites for hydroxylation is 1. The number of likely N-dealkylation sites (tertiary alicyclic amines) is 1. The van der Waals surface area contributed by atoms with Crippen molar-refractivity contribution in [3.8, 4) is 0 Å². The van der Waals surface area contributed by atoms with Gasteiger partial charge in [0.25, 0.3) is 5.91 Å². The van der Waals surface area contributed by atoms with Crippen LogP contribution in [-0.2, 0) is 4.79 Å². The molecule has 31 heavy (non-hydrogen) atoms. The number of anilines is 2. The molecule has 0 aromatic heterocycles. The lowest BCUT2D eigenvalue weighted by Gasteiger charge is -2.33. The second-order valence-electron chi connectivity index (χ2n) is 9.17. The van der Waals surface area contributed by atoms with E-state index in [0.717, 1.165) is 43.1 Å². The predicted octanol–water partition coefficient (Wildman–Crippen LogP) is 4.72. The zero-order valence-corrected chi connectivity index (χ0v) is 18.6. The fourth-order valence-corrected chi connectivity index (χ4v) is 4.60. The Labute approximate surface area is 185 Å². The SMILES string of the molecule is Cc1cccc(C(=O)N2CCC[C@H](C(=O)Nc3ccc(N4CCC(C)CC4)cc3)C2)c1. The molecule has 1 N–H and O–H groups in total. The average Bonchev–Trinajstić information content (AvgIpc) is 2.80. The lowest BCUT2D eigenvalue weighted by Crippen LogP contribution is -2.43. The first-order chi connectivity index (χ1) is 15.0. The molecule has 2 aromatic rings. The fourth-order valence-electron chi connectivity index (χ4n) is 4.60. The lowest BCUT2D eigenvalue weighted by molar-refractivity contribution is -0.121. The van der Waals surface area contributed by atoms with Crippen LogP contribution in [0.1, 0.15) is 48.5 Å². The molecule has 0 unspecified atom stereocenters. The Bertz CT molecular complexity index is 917. The summed E-state index contributed by atoms with van der Waals surface area (Å²) in [6.45, 7) is 7.68. The van der Waals surface area contributed by atoms with E-state index in [9.17, 15) is 9.59 Å². The van der Waals surface area contributed by atoms with Crippen LogP contribution in [0.5, 0.6) is 0 Å². The summed E-state index contributed by atoms with van der Waals surface area (Å²) in [6, 6.07) is 15.8. The van der Waals surface area contributed by atoms with Gasteiger partial charge in [-0.2, -0.15) is 0 Å². The summed E-state index contributed by atoms with van der Waals surface area (Å²) in [6.07, 6.45) is 4.13. The highest BCUT2D eigenvalue weighted by Crippen LogP contribution is 2.25. The van der Waals surface area contributed by atoms with Gasteiger partial charge in [0, 0.05) is 43.1 Å². The Morgan fingerprint density at radius 3 is 2.42 bits per heavy atom. The van der Waals surface area contributed by atoms with Crippen molar-refractivity contribution >= 4 is 23.2 Å². The highest BCUT2D eigenvalue weighted by molar-refractivity contribution is 5.96. The third kappa shape index (κ3) is 5.27. The van der Waals surface area contributed by atoms with Crippen LogP contribution in [0.4, 0.5) is 11.4 Å². The van der Waals surface area contributed by atoms with E-state index in [1.165, 1.54) is 18.5 Å². The van der Waals surface area contributed by atoms with Crippen LogP contribution >= 0.6 is 0 Å². The van der Waals surface area contributed by atoms with Crippen molar-refractivity contribution < 1.29 is 9.59 Å². The number of hydrogen-bond donors (Lipinski definition) is 1. The Balaban J connectivity index is 1.34. The van der Waals surface area contributed by atoms with Gasteiger partial charge in [0.05, 0.1) is 5.92 Å². The first-order valence-corrected chi connectivity index (χ1v) is 11.5. The lowest BCUT2D eigenvalue weighted by atomic mass is 9.96. The van der Waals surface area contributed by atoms with E-state index in [0.29, 0.717) is 18.7 Å². The molecule has 2 amide bonds. The van der Waals surface area contributed by atoms with Crippen LogP contribution in [0.3, 0.4) is 0 Å². The number of amides is 2. The Kier molecular flexibility index (Phi) is 6.59. The molecule has 2 aliphatic rings. The van der Waals surface area contributed by atoms with Gasteiger partial charge in [-0.3, -0.25) is 9.59 Å². The van der Waals surface area contributed by atoms with Crippen molar-refractivity contribution in [3.05, 3.63) is 59.7 Å². The van der Waals surface area contributed by atoms with E-state index < -0.39 is 0 Å².